The van der Waals surface area contributed by atoms with Gasteiger partial charge in [0.1, 0.15) is 17.3 Å². The molecule has 3 rings (SSSR count). The molecule has 0 aliphatic rings. The van der Waals surface area contributed by atoms with Crippen LogP contribution >= 0.6 is 0 Å². The lowest BCUT2D eigenvalue weighted by molar-refractivity contribution is 0.102. The highest BCUT2D eigenvalue weighted by Gasteiger charge is 2.10. The van der Waals surface area contributed by atoms with E-state index in [0.717, 1.165) is 22.5 Å². The number of carbonyl (C=O) groups is 1. The third kappa shape index (κ3) is 4.40. The van der Waals surface area contributed by atoms with Crippen LogP contribution in [-0.2, 0) is 0 Å². The van der Waals surface area contributed by atoms with Crippen molar-refractivity contribution in [1.82, 2.24) is 4.98 Å². The zero-order valence-electron chi connectivity index (χ0n) is 16.4. The summed E-state index contributed by atoms with van der Waals surface area (Å²) in [6.45, 7) is 3.95. The van der Waals surface area contributed by atoms with Crippen LogP contribution in [0.1, 0.15) is 21.5 Å². The van der Waals surface area contributed by atoms with Gasteiger partial charge in [-0.15, -0.1) is 0 Å². The number of nitrogens with zero attached hydrogens (tertiary/aromatic N) is 1. The molecule has 0 spiro atoms. The van der Waals surface area contributed by atoms with Crippen molar-refractivity contribution in [2.75, 3.05) is 24.9 Å². The standard InChI is InChI=1S/C22H23N3O3/c1-14-5-6-15(2)18(11-14)25-22(26)16-7-10-21(23-13-16)24-19-12-17(27-3)8-9-20(19)28-4/h5-13H,1-4H3,(H,23,24)(H,25,26). The van der Waals surface area contributed by atoms with Crippen LogP contribution in [0.3, 0.4) is 0 Å². The predicted octanol–water partition coefficient (Wildman–Crippen LogP) is 4.71. The van der Waals surface area contributed by atoms with E-state index >= 15 is 0 Å². The molecular weight excluding hydrogens is 354 g/mol. The van der Waals surface area contributed by atoms with Gasteiger partial charge in [0.25, 0.3) is 5.91 Å². The average molecular weight is 377 g/mol. The first kappa shape index (κ1) is 19.2. The van der Waals surface area contributed by atoms with Crippen LogP contribution in [0.4, 0.5) is 17.2 Å². The minimum absolute atomic E-state index is 0.202. The normalized spacial score (nSPS) is 10.3. The molecule has 1 amide bonds. The van der Waals surface area contributed by atoms with Gasteiger partial charge in [-0.3, -0.25) is 4.79 Å². The van der Waals surface area contributed by atoms with Gasteiger partial charge in [-0.25, -0.2) is 4.98 Å². The summed E-state index contributed by atoms with van der Waals surface area (Å²) in [5.41, 5.74) is 4.10. The number of amides is 1. The van der Waals surface area contributed by atoms with E-state index in [4.69, 9.17) is 9.47 Å². The lowest BCUT2D eigenvalue weighted by atomic mass is 10.1. The molecule has 0 aliphatic carbocycles. The number of ether oxygens (including phenoxy) is 2. The smallest absolute Gasteiger partial charge is 0.257 e. The molecule has 0 unspecified atom stereocenters. The topological polar surface area (TPSA) is 72.5 Å². The number of nitrogens with one attached hydrogen (secondary N) is 2. The number of methoxy groups -OCH3 is 2. The predicted molar refractivity (Wildman–Crippen MR) is 111 cm³/mol. The van der Waals surface area contributed by atoms with E-state index in [1.807, 2.05) is 50.2 Å². The molecule has 1 aromatic heterocycles. The first-order chi connectivity index (χ1) is 13.5. The van der Waals surface area contributed by atoms with Gasteiger partial charge in [0, 0.05) is 18.0 Å². The number of aromatic nitrogens is 1. The molecule has 0 saturated carbocycles. The Hall–Kier alpha value is -3.54. The highest BCUT2D eigenvalue weighted by molar-refractivity contribution is 6.04. The van der Waals surface area contributed by atoms with Crippen LogP contribution in [0.25, 0.3) is 0 Å². The molecule has 0 fully saturated rings. The van der Waals surface area contributed by atoms with E-state index in [-0.39, 0.29) is 5.91 Å². The Labute approximate surface area is 164 Å². The molecule has 1 heterocycles. The van der Waals surface area contributed by atoms with E-state index in [9.17, 15) is 4.79 Å². The second-order valence-corrected chi connectivity index (χ2v) is 6.40. The quantitative estimate of drug-likeness (QED) is 0.651. The number of anilines is 3. The number of aryl methyl sites for hydroxylation is 2. The summed E-state index contributed by atoms with van der Waals surface area (Å²) in [6, 6.07) is 14.9. The van der Waals surface area contributed by atoms with Gasteiger partial charge >= 0.3 is 0 Å². The van der Waals surface area contributed by atoms with Gasteiger partial charge in [0.15, 0.2) is 0 Å². The maximum atomic E-state index is 12.5. The van der Waals surface area contributed by atoms with E-state index in [2.05, 4.69) is 15.6 Å². The van der Waals surface area contributed by atoms with E-state index < -0.39 is 0 Å². The van der Waals surface area contributed by atoms with Gasteiger partial charge in [-0.05, 0) is 55.3 Å². The average Bonchev–Trinajstić information content (AvgIpc) is 2.71. The number of pyridine rings is 1. The third-order valence-corrected chi connectivity index (χ3v) is 4.34. The Kier molecular flexibility index (Phi) is 5.79. The van der Waals surface area contributed by atoms with Gasteiger partial charge < -0.3 is 20.1 Å². The van der Waals surface area contributed by atoms with Crippen LogP contribution in [0.5, 0.6) is 11.5 Å². The van der Waals surface area contributed by atoms with E-state index in [0.29, 0.717) is 22.9 Å². The first-order valence-electron chi connectivity index (χ1n) is 8.84. The molecule has 3 aromatic rings. The Morgan fingerprint density at radius 3 is 2.43 bits per heavy atom. The highest BCUT2D eigenvalue weighted by Crippen LogP contribution is 2.31. The summed E-state index contributed by atoms with van der Waals surface area (Å²) < 4.78 is 10.6. The van der Waals surface area contributed by atoms with Crippen molar-refractivity contribution in [3.05, 3.63) is 71.4 Å². The molecule has 6 heteroatoms. The molecule has 0 bridgehead atoms. The summed E-state index contributed by atoms with van der Waals surface area (Å²) in [6.07, 6.45) is 1.54. The van der Waals surface area contributed by atoms with Crippen molar-refractivity contribution in [1.29, 1.82) is 0 Å². The van der Waals surface area contributed by atoms with E-state index in [1.165, 1.54) is 6.20 Å². The first-order valence-corrected chi connectivity index (χ1v) is 8.84. The number of hydrogen-bond donors (Lipinski definition) is 2. The fourth-order valence-electron chi connectivity index (χ4n) is 2.72. The lowest BCUT2D eigenvalue weighted by Crippen LogP contribution is -2.13. The highest BCUT2D eigenvalue weighted by atomic mass is 16.5. The van der Waals surface area contributed by atoms with Crippen molar-refractivity contribution < 1.29 is 14.3 Å². The van der Waals surface area contributed by atoms with Crippen molar-refractivity contribution in [3.63, 3.8) is 0 Å². The fraction of sp³-hybridized carbons (Fsp3) is 0.182. The van der Waals surface area contributed by atoms with E-state index in [1.54, 1.807) is 26.4 Å². The summed E-state index contributed by atoms with van der Waals surface area (Å²) in [4.78, 5) is 16.9. The second kappa shape index (κ2) is 8.43. The van der Waals surface area contributed by atoms with Crippen LogP contribution in [0.2, 0.25) is 0 Å². The molecule has 2 aromatic carbocycles. The van der Waals surface area contributed by atoms with Crippen molar-refractivity contribution in [2.45, 2.75) is 13.8 Å². The molecule has 0 saturated heterocycles. The molecule has 0 aliphatic heterocycles. The maximum absolute atomic E-state index is 12.5. The van der Waals surface area contributed by atoms with Crippen molar-refractivity contribution in [3.8, 4) is 11.5 Å². The van der Waals surface area contributed by atoms with Gasteiger partial charge in [-0.1, -0.05) is 12.1 Å². The zero-order valence-corrected chi connectivity index (χ0v) is 16.4. The summed E-state index contributed by atoms with van der Waals surface area (Å²) >= 11 is 0. The maximum Gasteiger partial charge on any atom is 0.257 e. The molecule has 0 atom stereocenters. The van der Waals surface area contributed by atoms with Gasteiger partial charge in [0.05, 0.1) is 25.5 Å². The minimum atomic E-state index is -0.202. The van der Waals surface area contributed by atoms with Crippen molar-refractivity contribution >= 4 is 23.1 Å². The molecule has 0 radical (unpaired) electrons. The lowest BCUT2D eigenvalue weighted by Gasteiger charge is -2.13. The number of benzene rings is 2. The molecule has 28 heavy (non-hydrogen) atoms. The Bertz CT molecular complexity index is 985. The van der Waals surface area contributed by atoms with Crippen LogP contribution in [0, 0.1) is 13.8 Å². The van der Waals surface area contributed by atoms with Crippen LogP contribution in [0.15, 0.2) is 54.7 Å². The third-order valence-electron chi connectivity index (χ3n) is 4.34. The molecule has 2 N–H and O–H groups in total. The molecular formula is C22H23N3O3. The van der Waals surface area contributed by atoms with Gasteiger partial charge in [-0.2, -0.15) is 0 Å². The van der Waals surface area contributed by atoms with Crippen LogP contribution < -0.4 is 20.1 Å². The molecule has 144 valence electrons. The summed E-state index contributed by atoms with van der Waals surface area (Å²) in [5.74, 6) is 1.76. The second-order valence-electron chi connectivity index (χ2n) is 6.40. The van der Waals surface area contributed by atoms with Crippen LogP contribution in [-0.4, -0.2) is 25.1 Å². The minimum Gasteiger partial charge on any atom is -0.497 e. The SMILES string of the molecule is COc1ccc(OC)c(Nc2ccc(C(=O)Nc3cc(C)ccc3C)cn2)c1. The monoisotopic (exact) mass is 377 g/mol. The fourth-order valence-corrected chi connectivity index (χ4v) is 2.72. The Morgan fingerprint density at radius 1 is 0.929 bits per heavy atom. The van der Waals surface area contributed by atoms with Crippen molar-refractivity contribution in [2.24, 2.45) is 0 Å². The Morgan fingerprint density at radius 2 is 1.75 bits per heavy atom. The molecule has 6 nitrogen and oxygen atoms in total. The number of carbonyl (C=O) groups excluding carboxylic acids is 1. The summed E-state index contributed by atoms with van der Waals surface area (Å²) in [5, 5.41) is 6.12. The zero-order chi connectivity index (χ0) is 20.1. The van der Waals surface area contributed by atoms with Gasteiger partial charge in [0.2, 0.25) is 0 Å². The largest absolute Gasteiger partial charge is 0.497 e. The Balaban J connectivity index is 1.75. The number of rotatable bonds is 6. The summed E-state index contributed by atoms with van der Waals surface area (Å²) in [7, 11) is 3.20. The number of hydrogen-bond acceptors (Lipinski definition) is 5.